The number of carbonyl (C=O) groups is 2. The van der Waals surface area contributed by atoms with Crippen LogP contribution in [-0.4, -0.2) is 54.3 Å². The summed E-state index contributed by atoms with van der Waals surface area (Å²) in [5.41, 5.74) is 1.24. The number of fused-ring (bicyclic) bond motifs is 1. The Balaban J connectivity index is 1.87. The van der Waals surface area contributed by atoms with Gasteiger partial charge in [-0.3, -0.25) is 4.79 Å². The van der Waals surface area contributed by atoms with Gasteiger partial charge >= 0.3 is 5.97 Å². The molecule has 0 aromatic heterocycles. The van der Waals surface area contributed by atoms with Gasteiger partial charge in [-0.25, -0.2) is 4.79 Å². The van der Waals surface area contributed by atoms with E-state index < -0.39 is 12.0 Å². The normalized spacial score (nSPS) is 23.0. The van der Waals surface area contributed by atoms with Gasteiger partial charge in [-0.2, -0.15) is 0 Å². The van der Waals surface area contributed by atoms with Crippen LogP contribution >= 0.6 is 15.9 Å². The maximum absolute atomic E-state index is 12.7. The van der Waals surface area contributed by atoms with E-state index in [-0.39, 0.29) is 25.2 Å². The van der Waals surface area contributed by atoms with Gasteiger partial charge in [-0.1, -0.05) is 15.9 Å². The highest BCUT2D eigenvalue weighted by molar-refractivity contribution is 9.10. The Bertz CT molecular complexity index is 687. The van der Waals surface area contributed by atoms with Crippen molar-refractivity contribution in [1.29, 1.82) is 0 Å². The lowest BCUT2D eigenvalue weighted by atomic mass is 10.1. The van der Waals surface area contributed by atoms with Crippen molar-refractivity contribution < 1.29 is 24.2 Å². The lowest BCUT2D eigenvalue weighted by molar-refractivity contribution is -0.147. The number of likely N-dealkylation sites (tertiary alicyclic amines) is 1. The van der Waals surface area contributed by atoms with E-state index in [1.165, 1.54) is 12.0 Å². The molecule has 2 unspecified atom stereocenters. The fraction of sp³-hybridized carbons (Fsp3) is 0.375. The van der Waals surface area contributed by atoms with Crippen LogP contribution in [0.5, 0.6) is 5.75 Å². The summed E-state index contributed by atoms with van der Waals surface area (Å²) in [6, 6.07) is 4.69. The van der Waals surface area contributed by atoms with Gasteiger partial charge in [-0.05, 0) is 24.3 Å². The maximum Gasteiger partial charge on any atom is 0.326 e. The smallest absolute Gasteiger partial charge is 0.326 e. The first-order chi connectivity index (χ1) is 11.0. The Kier molecular flexibility index (Phi) is 4.41. The molecular formula is C16H16BrNO5. The average Bonchev–Trinajstić information content (AvgIpc) is 2.98. The lowest BCUT2D eigenvalue weighted by Gasteiger charge is -2.25. The number of rotatable bonds is 3. The number of hydrogen-bond acceptors (Lipinski definition) is 4. The third-order valence-corrected chi connectivity index (χ3v) is 4.59. The first kappa shape index (κ1) is 16.0. The Morgan fingerprint density at radius 2 is 2.22 bits per heavy atom. The van der Waals surface area contributed by atoms with Crippen molar-refractivity contribution in [3.8, 4) is 5.75 Å². The van der Waals surface area contributed by atoms with Crippen molar-refractivity contribution in [3.05, 3.63) is 33.8 Å². The molecule has 1 amide bonds. The summed E-state index contributed by atoms with van der Waals surface area (Å²) in [5.74, 6) is -0.628. The number of ether oxygens (including phenoxy) is 2. The van der Waals surface area contributed by atoms with E-state index in [0.29, 0.717) is 17.7 Å². The molecule has 122 valence electrons. The zero-order valence-corrected chi connectivity index (χ0v) is 14.1. The van der Waals surface area contributed by atoms with Crippen LogP contribution in [0, 0.1) is 0 Å². The summed E-state index contributed by atoms with van der Waals surface area (Å²) in [6.45, 7) is 0.406. The number of amides is 1. The first-order valence-corrected chi connectivity index (χ1v) is 7.98. The number of aliphatic carboxylic acids is 1. The number of hydrogen-bond donors (Lipinski definition) is 1. The van der Waals surface area contributed by atoms with Crippen molar-refractivity contribution in [3.63, 3.8) is 0 Å². The first-order valence-electron chi connectivity index (χ1n) is 7.19. The second kappa shape index (κ2) is 6.33. The molecule has 6 nitrogen and oxygen atoms in total. The zero-order valence-electron chi connectivity index (χ0n) is 12.5. The highest BCUT2D eigenvalue weighted by atomic mass is 79.9. The summed E-state index contributed by atoms with van der Waals surface area (Å²) in [5, 5.41) is 9.33. The minimum Gasteiger partial charge on any atom is -0.488 e. The van der Waals surface area contributed by atoms with Crippen molar-refractivity contribution in [2.24, 2.45) is 0 Å². The van der Waals surface area contributed by atoms with Crippen molar-refractivity contribution in [2.75, 3.05) is 20.3 Å². The molecule has 2 heterocycles. The van der Waals surface area contributed by atoms with Crippen LogP contribution in [0.4, 0.5) is 0 Å². The molecule has 23 heavy (non-hydrogen) atoms. The molecule has 1 aromatic carbocycles. The monoisotopic (exact) mass is 381 g/mol. The summed E-state index contributed by atoms with van der Waals surface area (Å²) in [6.07, 6.45) is 1.80. The second-order valence-corrected chi connectivity index (χ2v) is 6.46. The molecule has 0 aliphatic carbocycles. The molecule has 2 atom stereocenters. The minimum atomic E-state index is -1.02. The fourth-order valence-corrected chi connectivity index (χ4v) is 3.26. The molecule has 1 fully saturated rings. The number of carboxylic acids is 1. The molecule has 0 spiro atoms. The van der Waals surface area contributed by atoms with E-state index in [1.54, 1.807) is 6.08 Å². The van der Waals surface area contributed by atoms with E-state index in [0.717, 1.165) is 10.0 Å². The number of carbonyl (C=O) groups excluding carboxylic acids is 1. The fourth-order valence-electron chi connectivity index (χ4n) is 2.88. The molecule has 0 bridgehead atoms. The van der Waals surface area contributed by atoms with Gasteiger partial charge < -0.3 is 19.5 Å². The SMILES string of the molecule is COC1CC(C(=O)O)N(C(=O)C2=Cc3cc(Br)ccc3OC2)C1. The number of carboxylic acid groups (broad SMARTS) is 1. The van der Waals surface area contributed by atoms with E-state index in [9.17, 15) is 14.7 Å². The van der Waals surface area contributed by atoms with Gasteiger partial charge in [-0.15, -0.1) is 0 Å². The van der Waals surface area contributed by atoms with E-state index >= 15 is 0 Å². The predicted molar refractivity (Wildman–Crippen MR) is 86.2 cm³/mol. The van der Waals surface area contributed by atoms with E-state index in [4.69, 9.17) is 9.47 Å². The van der Waals surface area contributed by atoms with Crippen LogP contribution in [0.25, 0.3) is 6.08 Å². The summed E-state index contributed by atoms with van der Waals surface area (Å²) >= 11 is 3.39. The Hall–Kier alpha value is -1.86. The molecule has 0 radical (unpaired) electrons. The van der Waals surface area contributed by atoms with E-state index in [1.807, 2.05) is 18.2 Å². The standard InChI is InChI=1S/C16H16BrNO5/c1-22-12-6-13(16(20)21)18(7-12)15(19)10-4-9-5-11(17)2-3-14(9)23-8-10/h2-5,12-13H,6-8H2,1H3,(H,20,21). The topological polar surface area (TPSA) is 76.1 Å². The molecule has 3 rings (SSSR count). The van der Waals surface area contributed by atoms with Crippen LogP contribution in [0.15, 0.2) is 28.2 Å². The number of nitrogens with zero attached hydrogens (tertiary/aromatic N) is 1. The van der Waals surface area contributed by atoms with Gasteiger partial charge in [0.05, 0.1) is 11.7 Å². The highest BCUT2D eigenvalue weighted by Crippen LogP contribution is 2.31. The van der Waals surface area contributed by atoms with E-state index in [2.05, 4.69) is 15.9 Å². The molecule has 2 aliphatic rings. The molecule has 1 saturated heterocycles. The van der Waals surface area contributed by atoms with Crippen LogP contribution < -0.4 is 4.74 Å². The Morgan fingerprint density at radius 1 is 1.43 bits per heavy atom. The van der Waals surface area contributed by atoms with Crippen molar-refractivity contribution in [2.45, 2.75) is 18.6 Å². The third-order valence-electron chi connectivity index (χ3n) is 4.10. The maximum atomic E-state index is 12.7. The van der Waals surface area contributed by atoms with Crippen molar-refractivity contribution in [1.82, 2.24) is 4.90 Å². The molecule has 1 N–H and O–H groups in total. The van der Waals surface area contributed by atoms with Gasteiger partial charge in [0.2, 0.25) is 0 Å². The Morgan fingerprint density at radius 3 is 2.91 bits per heavy atom. The van der Waals surface area contributed by atoms with Crippen molar-refractivity contribution >= 4 is 33.9 Å². The number of methoxy groups -OCH3 is 1. The zero-order chi connectivity index (χ0) is 16.6. The molecular weight excluding hydrogens is 366 g/mol. The third kappa shape index (κ3) is 3.11. The van der Waals surface area contributed by atoms with Gasteiger partial charge in [0, 0.05) is 30.1 Å². The minimum absolute atomic E-state index is 0.133. The molecule has 2 aliphatic heterocycles. The Labute approximate surface area is 141 Å². The number of benzene rings is 1. The van der Waals surface area contributed by atoms with Crippen LogP contribution in [0.2, 0.25) is 0 Å². The second-order valence-electron chi connectivity index (χ2n) is 5.55. The van der Waals surface area contributed by atoms with Crippen LogP contribution in [0.3, 0.4) is 0 Å². The largest absolute Gasteiger partial charge is 0.488 e. The molecule has 0 saturated carbocycles. The van der Waals surface area contributed by atoms with Gasteiger partial charge in [0.1, 0.15) is 18.4 Å². The average molecular weight is 382 g/mol. The summed E-state index contributed by atoms with van der Waals surface area (Å²) < 4.78 is 11.7. The molecule has 7 heteroatoms. The quantitative estimate of drug-likeness (QED) is 0.865. The predicted octanol–water partition coefficient (Wildman–Crippen LogP) is 1.93. The highest BCUT2D eigenvalue weighted by Gasteiger charge is 2.41. The van der Waals surface area contributed by atoms with Crippen LogP contribution in [-0.2, 0) is 14.3 Å². The van der Waals surface area contributed by atoms with Crippen LogP contribution in [0.1, 0.15) is 12.0 Å². The molecule has 1 aromatic rings. The summed E-state index contributed by atoms with van der Waals surface area (Å²) in [7, 11) is 1.52. The number of halogens is 1. The van der Waals surface area contributed by atoms with Gasteiger partial charge in [0.25, 0.3) is 5.91 Å². The van der Waals surface area contributed by atoms with Gasteiger partial charge in [0.15, 0.2) is 0 Å². The lowest BCUT2D eigenvalue weighted by Crippen LogP contribution is -2.42. The summed E-state index contributed by atoms with van der Waals surface area (Å²) in [4.78, 5) is 25.5.